The second-order valence-corrected chi connectivity index (χ2v) is 6.91. The third kappa shape index (κ3) is 3.98. The molecule has 0 saturated heterocycles. The van der Waals surface area contributed by atoms with Crippen molar-refractivity contribution in [2.45, 2.75) is 27.3 Å². The molecule has 0 radical (unpaired) electrons. The molecule has 0 bridgehead atoms. The van der Waals surface area contributed by atoms with E-state index < -0.39 is 0 Å². The van der Waals surface area contributed by atoms with Gasteiger partial charge in [-0.3, -0.25) is 0 Å². The number of hydrogen-bond acceptors (Lipinski definition) is 6. The van der Waals surface area contributed by atoms with Crippen molar-refractivity contribution in [3.63, 3.8) is 0 Å². The maximum atomic E-state index is 12.4. The van der Waals surface area contributed by atoms with E-state index in [4.69, 9.17) is 9.47 Å². The molecule has 2 heterocycles. The number of para-hydroxylation sites is 1. The third-order valence-electron chi connectivity index (χ3n) is 4.24. The Morgan fingerprint density at radius 2 is 2.04 bits per heavy atom. The van der Waals surface area contributed by atoms with Gasteiger partial charge in [-0.2, -0.15) is 0 Å². The van der Waals surface area contributed by atoms with Gasteiger partial charge in [0, 0.05) is 34.4 Å². The highest BCUT2D eigenvalue weighted by Gasteiger charge is 2.23. The first kappa shape index (κ1) is 19.0. The van der Waals surface area contributed by atoms with Gasteiger partial charge in [0.1, 0.15) is 5.75 Å². The van der Waals surface area contributed by atoms with Crippen LogP contribution in [0.5, 0.6) is 5.75 Å². The summed E-state index contributed by atoms with van der Waals surface area (Å²) in [6.45, 7) is 6.55. The molecule has 142 valence electrons. The van der Waals surface area contributed by atoms with Gasteiger partial charge in [0.05, 0.1) is 25.0 Å². The molecule has 2 N–H and O–H groups in total. The van der Waals surface area contributed by atoms with Gasteiger partial charge in [-0.05, 0) is 26.8 Å². The molecule has 0 spiro atoms. The van der Waals surface area contributed by atoms with Gasteiger partial charge in [-0.15, -0.1) is 11.3 Å². The summed E-state index contributed by atoms with van der Waals surface area (Å²) in [6, 6.07) is 7.86. The number of thiazole rings is 1. The quantitative estimate of drug-likeness (QED) is 0.584. The van der Waals surface area contributed by atoms with E-state index in [0.717, 1.165) is 39.1 Å². The minimum Gasteiger partial charge on any atom is -0.496 e. The highest BCUT2D eigenvalue weighted by Crippen LogP contribution is 2.33. The zero-order valence-corrected chi connectivity index (χ0v) is 16.7. The zero-order valence-electron chi connectivity index (χ0n) is 15.9. The van der Waals surface area contributed by atoms with Crippen LogP contribution in [-0.4, -0.2) is 29.7 Å². The maximum absolute atomic E-state index is 12.4. The Balaban J connectivity index is 1.83. The summed E-state index contributed by atoms with van der Waals surface area (Å²) in [6.07, 6.45) is 0. The van der Waals surface area contributed by atoms with Gasteiger partial charge in [0.15, 0.2) is 5.13 Å². The Morgan fingerprint density at radius 3 is 2.78 bits per heavy atom. The number of carbonyl (C=O) groups is 1. The van der Waals surface area contributed by atoms with Crippen LogP contribution in [0, 0.1) is 13.8 Å². The van der Waals surface area contributed by atoms with E-state index in [0.29, 0.717) is 18.7 Å². The van der Waals surface area contributed by atoms with Gasteiger partial charge >= 0.3 is 5.97 Å². The first-order chi connectivity index (χ1) is 13.0. The summed E-state index contributed by atoms with van der Waals surface area (Å²) in [7, 11) is 1.66. The fourth-order valence-electron chi connectivity index (χ4n) is 3.05. The molecule has 1 aromatic carbocycles. The van der Waals surface area contributed by atoms with E-state index in [2.05, 4.69) is 15.3 Å². The Bertz CT molecular complexity index is 946. The average molecular weight is 385 g/mol. The zero-order chi connectivity index (χ0) is 19.4. The molecule has 0 atom stereocenters. The van der Waals surface area contributed by atoms with Crippen LogP contribution in [0.15, 0.2) is 29.6 Å². The summed E-state index contributed by atoms with van der Waals surface area (Å²) < 4.78 is 10.6. The first-order valence-electron chi connectivity index (χ1n) is 8.73. The molecule has 6 nitrogen and oxygen atoms in total. The van der Waals surface area contributed by atoms with Crippen molar-refractivity contribution >= 4 is 22.4 Å². The minimum absolute atomic E-state index is 0.328. The monoisotopic (exact) mass is 385 g/mol. The topological polar surface area (TPSA) is 76.2 Å². The van der Waals surface area contributed by atoms with Gasteiger partial charge in [-0.25, -0.2) is 9.78 Å². The second kappa shape index (κ2) is 8.26. The van der Waals surface area contributed by atoms with Gasteiger partial charge < -0.3 is 19.8 Å². The van der Waals surface area contributed by atoms with Crippen molar-refractivity contribution in [3.8, 4) is 17.0 Å². The van der Waals surface area contributed by atoms with Crippen LogP contribution in [0.25, 0.3) is 11.3 Å². The number of nitrogens with zero attached hydrogens (tertiary/aromatic N) is 1. The molecular weight excluding hydrogens is 362 g/mol. The molecule has 0 fully saturated rings. The molecule has 0 amide bonds. The first-order valence-corrected chi connectivity index (χ1v) is 9.61. The van der Waals surface area contributed by atoms with Gasteiger partial charge in [-0.1, -0.05) is 18.2 Å². The maximum Gasteiger partial charge on any atom is 0.340 e. The Morgan fingerprint density at radius 1 is 1.26 bits per heavy atom. The van der Waals surface area contributed by atoms with E-state index in [1.54, 1.807) is 14.0 Å². The number of rotatable bonds is 7. The van der Waals surface area contributed by atoms with Crippen molar-refractivity contribution in [2.75, 3.05) is 19.0 Å². The molecule has 0 aliphatic rings. The smallest absolute Gasteiger partial charge is 0.340 e. The number of carbonyl (C=O) groups excluding carboxylic acids is 1. The lowest BCUT2D eigenvalue weighted by molar-refractivity contribution is 0.0526. The fourth-order valence-corrected chi connectivity index (χ4v) is 3.75. The summed E-state index contributed by atoms with van der Waals surface area (Å²) in [5.41, 5.74) is 4.85. The molecule has 3 aromatic rings. The Kier molecular flexibility index (Phi) is 5.81. The number of aromatic amines is 1. The third-order valence-corrected chi connectivity index (χ3v) is 5.04. The SMILES string of the molecule is CCOC(=O)c1c(C)[nH]c(C)c1-c1csc(NCc2ccccc2OC)n1. The number of hydrogen-bond donors (Lipinski definition) is 2. The Labute approximate surface area is 162 Å². The van der Waals surface area contributed by atoms with Crippen molar-refractivity contribution in [1.29, 1.82) is 0 Å². The number of aryl methyl sites for hydroxylation is 2. The van der Waals surface area contributed by atoms with Crippen molar-refractivity contribution in [1.82, 2.24) is 9.97 Å². The number of H-pyrrole nitrogens is 1. The number of esters is 1. The van der Waals surface area contributed by atoms with Crippen molar-refractivity contribution in [3.05, 3.63) is 52.2 Å². The number of aromatic nitrogens is 2. The number of ether oxygens (including phenoxy) is 2. The minimum atomic E-state index is -0.328. The van der Waals surface area contributed by atoms with Crippen LogP contribution >= 0.6 is 11.3 Å². The van der Waals surface area contributed by atoms with Crippen LogP contribution in [0.3, 0.4) is 0 Å². The van der Waals surface area contributed by atoms with E-state index in [9.17, 15) is 4.79 Å². The molecule has 0 aliphatic heterocycles. The highest BCUT2D eigenvalue weighted by atomic mass is 32.1. The predicted molar refractivity (Wildman–Crippen MR) is 108 cm³/mol. The molecule has 0 saturated carbocycles. The van der Waals surface area contributed by atoms with E-state index in [1.807, 2.05) is 43.5 Å². The summed E-state index contributed by atoms with van der Waals surface area (Å²) in [4.78, 5) is 20.3. The standard InChI is InChI=1S/C20H23N3O3S/c1-5-26-19(24)18-13(3)22-12(2)17(18)15-11-27-20(23-15)21-10-14-8-6-7-9-16(14)25-4/h6-9,11,22H,5,10H2,1-4H3,(H,21,23). The van der Waals surface area contributed by atoms with Gasteiger partial charge in [0.25, 0.3) is 0 Å². The number of anilines is 1. The number of methoxy groups -OCH3 is 1. The van der Waals surface area contributed by atoms with Gasteiger partial charge in [0.2, 0.25) is 0 Å². The molecule has 27 heavy (non-hydrogen) atoms. The summed E-state index contributed by atoms with van der Waals surface area (Å²) in [5.74, 6) is 0.509. The van der Waals surface area contributed by atoms with Crippen molar-refractivity contribution < 1.29 is 14.3 Å². The second-order valence-electron chi connectivity index (χ2n) is 6.05. The Hall–Kier alpha value is -2.80. The van der Waals surface area contributed by atoms with E-state index >= 15 is 0 Å². The van der Waals surface area contributed by atoms with Crippen LogP contribution in [0.4, 0.5) is 5.13 Å². The number of nitrogens with one attached hydrogen (secondary N) is 2. The molecule has 3 rings (SSSR count). The van der Waals surface area contributed by atoms with Crippen LogP contribution in [0.2, 0.25) is 0 Å². The largest absolute Gasteiger partial charge is 0.496 e. The van der Waals surface area contributed by atoms with Crippen LogP contribution < -0.4 is 10.1 Å². The number of benzene rings is 1. The molecular formula is C20H23N3O3S. The normalized spacial score (nSPS) is 10.7. The molecule has 2 aromatic heterocycles. The highest BCUT2D eigenvalue weighted by molar-refractivity contribution is 7.14. The molecule has 0 aliphatic carbocycles. The lowest BCUT2D eigenvalue weighted by Gasteiger charge is -2.08. The predicted octanol–water partition coefficient (Wildman–Crippen LogP) is 4.55. The summed E-state index contributed by atoms with van der Waals surface area (Å²) >= 11 is 1.50. The summed E-state index contributed by atoms with van der Waals surface area (Å²) in [5, 5.41) is 6.06. The van der Waals surface area contributed by atoms with Crippen molar-refractivity contribution in [2.24, 2.45) is 0 Å². The lowest BCUT2D eigenvalue weighted by atomic mass is 10.1. The molecule has 7 heteroatoms. The lowest BCUT2D eigenvalue weighted by Crippen LogP contribution is -2.07. The fraction of sp³-hybridized carbons (Fsp3) is 0.300. The average Bonchev–Trinajstić information content (AvgIpc) is 3.23. The molecule has 0 unspecified atom stereocenters. The van der Waals surface area contributed by atoms with E-state index in [-0.39, 0.29) is 5.97 Å². The van der Waals surface area contributed by atoms with Crippen LogP contribution in [0.1, 0.15) is 34.2 Å². The van der Waals surface area contributed by atoms with E-state index in [1.165, 1.54) is 11.3 Å². The van der Waals surface area contributed by atoms with Crippen LogP contribution in [-0.2, 0) is 11.3 Å².